The highest BCUT2D eigenvalue weighted by Gasteiger charge is 2.17. The van der Waals surface area contributed by atoms with Gasteiger partial charge in [0.15, 0.2) is 0 Å². The van der Waals surface area contributed by atoms with Crippen molar-refractivity contribution in [3.63, 3.8) is 0 Å². The zero-order chi connectivity index (χ0) is 25.5. The maximum absolute atomic E-state index is 5.65. The fraction of sp³-hybridized carbons (Fsp3) is 0.333. The first-order valence-corrected chi connectivity index (χ1v) is 12.0. The number of ether oxygens (including phenoxy) is 1. The van der Waals surface area contributed by atoms with Crippen LogP contribution in [0.1, 0.15) is 25.3 Å². The van der Waals surface area contributed by atoms with Crippen LogP contribution in [0.4, 0.5) is 5.69 Å². The Morgan fingerprint density at radius 2 is 2.00 bits per heavy atom. The number of piperidine rings is 1. The van der Waals surface area contributed by atoms with Gasteiger partial charge in [-0.3, -0.25) is 9.98 Å². The average Bonchev–Trinajstić information content (AvgIpc) is 3.32. The second-order valence-electron chi connectivity index (χ2n) is 8.88. The van der Waals surface area contributed by atoms with Crippen molar-refractivity contribution in [2.24, 2.45) is 9.98 Å². The summed E-state index contributed by atoms with van der Waals surface area (Å²) < 4.78 is 7.37. The molecule has 9 nitrogen and oxygen atoms in total. The summed E-state index contributed by atoms with van der Waals surface area (Å²) in [5.74, 6) is 0.734. The lowest BCUT2D eigenvalue weighted by Crippen LogP contribution is -2.39. The Morgan fingerprint density at radius 3 is 2.75 bits per heavy atom. The number of nitrogens with one attached hydrogen (secondary N) is 2. The molecule has 0 aliphatic carbocycles. The number of allylic oxidation sites excluding steroid dienone is 1. The van der Waals surface area contributed by atoms with Gasteiger partial charge in [-0.15, -0.1) is 5.10 Å². The van der Waals surface area contributed by atoms with E-state index in [-0.39, 0.29) is 0 Å². The Labute approximate surface area is 212 Å². The molecule has 0 amide bonds. The molecular weight excluding hydrogens is 452 g/mol. The molecule has 0 radical (unpaired) electrons. The van der Waals surface area contributed by atoms with Crippen molar-refractivity contribution in [1.82, 2.24) is 25.2 Å². The molecule has 1 aromatic heterocycles. The van der Waals surface area contributed by atoms with E-state index in [4.69, 9.17) is 4.74 Å². The summed E-state index contributed by atoms with van der Waals surface area (Å²) >= 11 is 0. The van der Waals surface area contributed by atoms with Gasteiger partial charge < -0.3 is 20.3 Å². The van der Waals surface area contributed by atoms with Gasteiger partial charge in [-0.25, -0.2) is 4.68 Å². The number of likely N-dealkylation sites (tertiary alicyclic amines) is 1. The maximum Gasteiger partial charge on any atom is 0.142 e. The van der Waals surface area contributed by atoms with Crippen LogP contribution in [0.2, 0.25) is 0 Å². The summed E-state index contributed by atoms with van der Waals surface area (Å²) in [7, 11) is 3.83. The van der Waals surface area contributed by atoms with Crippen LogP contribution in [0.25, 0.3) is 22.4 Å². The molecule has 0 saturated carbocycles. The zero-order valence-corrected chi connectivity index (χ0v) is 21.2. The number of rotatable bonds is 10. The van der Waals surface area contributed by atoms with Crippen LogP contribution in [0.5, 0.6) is 5.75 Å². The molecule has 2 aromatic carbocycles. The molecule has 2 N–H and O–H groups in total. The number of fused-ring (bicyclic) bond motifs is 1. The van der Waals surface area contributed by atoms with Crippen molar-refractivity contribution in [3.05, 3.63) is 60.8 Å². The van der Waals surface area contributed by atoms with E-state index in [1.807, 2.05) is 49.4 Å². The Hall–Kier alpha value is -3.98. The SMILES string of the molecule is C=N/C=C(\C(C)=NCNc1ccc(C(=C)NC2CCN(C)CC2)cc1OC)n1nnc2ccccc21. The minimum Gasteiger partial charge on any atom is -0.495 e. The van der Waals surface area contributed by atoms with Gasteiger partial charge >= 0.3 is 0 Å². The molecule has 9 heteroatoms. The van der Waals surface area contributed by atoms with Crippen molar-refractivity contribution in [3.8, 4) is 5.75 Å². The van der Waals surface area contributed by atoms with Gasteiger partial charge in [0.05, 0.1) is 30.2 Å². The van der Waals surface area contributed by atoms with E-state index >= 15 is 0 Å². The molecule has 1 saturated heterocycles. The average molecular weight is 487 g/mol. The number of aromatic nitrogens is 3. The van der Waals surface area contributed by atoms with Crippen molar-refractivity contribution >= 4 is 40.5 Å². The van der Waals surface area contributed by atoms with Crippen LogP contribution in [0, 0.1) is 0 Å². The number of benzene rings is 2. The van der Waals surface area contributed by atoms with Crippen LogP contribution in [0.15, 0.2) is 65.2 Å². The molecule has 36 heavy (non-hydrogen) atoms. The molecule has 1 aliphatic heterocycles. The molecular formula is C27H34N8O. The van der Waals surface area contributed by atoms with Gasteiger partial charge in [0, 0.05) is 17.3 Å². The fourth-order valence-electron chi connectivity index (χ4n) is 4.27. The third kappa shape index (κ3) is 5.80. The Morgan fingerprint density at radius 1 is 1.22 bits per heavy atom. The Bertz CT molecular complexity index is 1280. The molecule has 0 unspecified atom stereocenters. The van der Waals surface area contributed by atoms with Gasteiger partial charge in [-0.1, -0.05) is 30.0 Å². The van der Waals surface area contributed by atoms with Gasteiger partial charge in [0.2, 0.25) is 0 Å². The number of methoxy groups -OCH3 is 1. The zero-order valence-electron chi connectivity index (χ0n) is 21.2. The highest BCUT2D eigenvalue weighted by atomic mass is 16.5. The first-order valence-electron chi connectivity index (χ1n) is 12.0. The Balaban J connectivity index is 1.43. The molecule has 188 valence electrons. The second kappa shape index (κ2) is 11.6. The molecule has 0 spiro atoms. The first-order chi connectivity index (χ1) is 17.5. The van der Waals surface area contributed by atoms with Crippen molar-refractivity contribution < 1.29 is 4.74 Å². The molecule has 1 aliphatic rings. The van der Waals surface area contributed by atoms with E-state index in [1.165, 1.54) is 0 Å². The highest BCUT2D eigenvalue weighted by molar-refractivity contribution is 6.18. The number of nitrogens with zero attached hydrogens (tertiary/aromatic N) is 6. The van der Waals surface area contributed by atoms with E-state index in [0.29, 0.717) is 18.4 Å². The standard InChI is InChI=1S/C27H34N8O/c1-19(31-22-12-14-34(4)15-13-22)21-10-11-24(27(16-21)36-5)30-18-29-20(2)26(17-28-3)35-25-9-7-6-8-23(25)32-33-35/h6-11,16-17,22,30-31H,1,3,12-15,18H2,2,4-5H3/b26-17+,29-20?. The lowest BCUT2D eigenvalue weighted by molar-refractivity contribution is 0.245. The predicted octanol–water partition coefficient (Wildman–Crippen LogP) is 4.12. The normalized spacial score (nSPS) is 15.6. The summed E-state index contributed by atoms with van der Waals surface area (Å²) in [6.45, 7) is 12.3. The monoisotopic (exact) mass is 486 g/mol. The van der Waals surface area contributed by atoms with E-state index in [2.05, 4.69) is 56.2 Å². The van der Waals surface area contributed by atoms with Crippen molar-refractivity contribution in [1.29, 1.82) is 0 Å². The van der Waals surface area contributed by atoms with Gasteiger partial charge in [0.25, 0.3) is 0 Å². The number of hydrogen-bond acceptors (Lipinski definition) is 8. The minimum atomic E-state index is 0.345. The van der Waals surface area contributed by atoms with E-state index in [0.717, 1.165) is 65.4 Å². The van der Waals surface area contributed by atoms with Crippen LogP contribution < -0.4 is 15.4 Å². The van der Waals surface area contributed by atoms with Crippen molar-refractivity contribution in [2.75, 3.05) is 39.2 Å². The number of aliphatic imine (C=N–C) groups is 2. The molecule has 1 fully saturated rings. The third-order valence-electron chi connectivity index (χ3n) is 6.40. The van der Waals surface area contributed by atoms with E-state index in [9.17, 15) is 0 Å². The van der Waals surface area contributed by atoms with Gasteiger partial charge in [-0.2, -0.15) is 0 Å². The molecule has 4 rings (SSSR count). The van der Waals surface area contributed by atoms with Crippen LogP contribution >= 0.6 is 0 Å². The highest BCUT2D eigenvalue weighted by Crippen LogP contribution is 2.28. The molecule has 0 atom stereocenters. The summed E-state index contributed by atoms with van der Waals surface area (Å²) in [5.41, 5.74) is 5.90. The summed E-state index contributed by atoms with van der Waals surface area (Å²) in [5, 5.41) is 15.4. The number of anilines is 1. The van der Waals surface area contributed by atoms with E-state index in [1.54, 1.807) is 18.0 Å². The summed E-state index contributed by atoms with van der Waals surface area (Å²) in [4.78, 5) is 11.0. The van der Waals surface area contributed by atoms with E-state index < -0.39 is 0 Å². The predicted molar refractivity (Wildman–Crippen MR) is 149 cm³/mol. The Kier molecular flexibility index (Phi) is 8.12. The third-order valence-corrected chi connectivity index (χ3v) is 6.40. The topological polar surface area (TPSA) is 92.0 Å². The largest absolute Gasteiger partial charge is 0.495 e. The fourth-order valence-corrected chi connectivity index (χ4v) is 4.27. The van der Waals surface area contributed by atoms with Crippen LogP contribution in [-0.2, 0) is 0 Å². The van der Waals surface area contributed by atoms with Crippen LogP contribution in [-0.4, -0.2) is 72.3 Å². The summed E-state index contributed by atoms with van der Waals surface area (Å²) in [6, 6.07) is 14.2. The number of hydrogen-bond donors (Lipinski definition) is 2. The lowest BCUT2D eigenvalue weighted by atomic mass is 10.0. The quantitative estimate of drug-likeness (QED) is 0.419. The van der Waals surface area contributed by atoms with Crippen LogP contribution in [0.3, 0.4) is 0 Å². The molecule has 3 aromatic rings. The van der Waals surface area contributed by atoms with Crippen molar-refractivity contribution in [2.45, 2.75) is 25.8 Å². The smallest absolute Gasteiger partial charge is 0.142 e. The van der Waals surface area contributed by atoms with Gasteiger partial charge in [0.1, 0.15) is 23.6 Å². The van der Waals surface area contributed by atoms with Gasteiger partial charge in [-0.05, 0) is 70.9 Å². The first kappa shape index (κ1) is 25.1. The maximum atomic E-state index is 5.65. The minimum absolute atomic E-state index is 0.345. The second-order valence-corrected chi connectivity index (χ2v) is 8.88. The molecule has 0 bridgehead atoms. The molecule has 2 heterocycles. The lowest BCUT2D eigenvalue weighted by Gasteiger charge is -2.30. The number of para-hydroxylation sites is 1. The summed E-state index contributed by atoms with van der Waals surface area (Å²) in [6.07, 6.45) is 3.87.